The van der Waals surface area contributed by atoms with E-state index in [0.717, 1.165) is 38.0 Å². The van der Waals surface area contributed by atoms with Crippen molar-refractivity contribution in [1.29, 1.82) is 5.26 Å². The smallest absolute Gasteiger partial charge is 0.308 e. The van der Waals surface area contributed by atoms with E-state index in [1.807, 2.05) is 12.1 Å². The van der Waals surface area contributed by atoms with E-state index in [0.29, 0.717) is 11.3 Å². The van der Waals surface area contributed by atoms with Crippen LogP contribution in [0.3, 0.4) is 0 Å². The lowest BCUT2D eigenvalue weighted by atomic mass is 9.96. The molecular formula is C16H20N2O3. The lowest BCUT2D eigenvalue weighted by Gasteiger charge is -2.30. The second kappa shape index (κ2) is 7.09. The van der Waals surface area contributed by atoms with Gasteiger partial charge in [0.15, 0.2) is 0 Å². The van der Waals surface area contributed by atoms with Gasteiger partial charge in [0.2, 0.25) is 0 Å². The number of ether oxygens (including phenoxy) is 2. The van der Waals surface area contributed by atoms with Gasteiger partial charge in [0.1, 0.15) is 11.8 Å². The quantitative estimate of drug-likeness (QED) is 0.792. The normalized spacial score (nSPS) is 16.2. The maximum atomic E-state index is 11.5. The summed E-state index contributed by atoms with van der Waals surface area (Å²) in [5.74, 6) is 0.538. The monoisotopic (exact) mass is 288 g/mol. The predicted molar refractivity (Wildman–Crippen MR) is 77.7 cm³/mol. The summed E-state index contributed by atoms with van der Waals surface area (Å²) in [4.78, 5) is 13.8. The van der Waals surface area contributed by atoms with Crippen LogP contribution in [0.2, 0.25) is 0 Å². The minimum atomic E-state index is -0.102. The number of nitriles is 1. The molecule has 112 valence electrons. The predicted octanol–water partition coefficient (Wildman–Crippen LogP) is 1.95. The molecule has 0 saturated carbocycles. The van der Waals surface area contributed by atoms with E-state index in [4.69, 9.17) is 14.7 Å². The van der Waals surface area contributed by atoms with Gasteiger partial charge in [-0.3, -0.25) is 9.69 Å². The van der Waals surface area contributed by atoms with Crippen molar-refractivity contribution in [3.8, 4) is 11.8 Å². The summed E-state index contributed by atoms with van der Waals surface area (Å²) in [6.45, 7) is 2.56. The van der Waals surface area contributed by atoms with Crippen LogP contribution in [0, 0.1) is 17.2 Å². The molecule has 1 heterocycles. The number of piperidine rings is 1. The molecule has 2 rings (SSSR count). The van der Waals surface area contributed by atoms with Crippen molar-refractivity contribution in [2.45, 2.75) is 19.4 Å². The lowest BCUT2D eigenvalue weighted by molar-refractivity contribution is -0.147. The molecule has 0 unspecified atom stereocenters. The third-order valence-corrected chi connectivity index (χ3v) is 3.91. The van der Waals surface area contributed by atoms with Gasteiger partial charge in [-0.25, -0.2) is 0 Å². The number of esters is 1. The first-order valence-corrected chi connectivity index (χ1v) is 7.05. The molecule has 1 fully saturated rings. The molecule has 1 aromatic carbocycles. The first-order chi connectivity index (χ1) is 10.2. The molecule has 0 amide bonds. The number of rotatable bonds is 4. The summed E-state index contributed by atoms with van der Waals surface area (Å²) in [6, 6.07) is 7.76. The minimum Gasteiger partial charge on any atom is -0.495 e. The van der Waals surface area contributed by atoms with Crippen molar-refractivity contribution in [2.75, 3.05) is 27.3 Å². The zero-order valence-corrected chi connectivity index (χ0v) is 12.5. The highest BCUT2D eigenvalue weighted by Gasteiger charge is 2.25. The minimum absolute atomic E-state index is 0.0294. The van der Waals surface area contributed by atoms with Gasteiger partial charge in [-0.2, -0.15) is 5.26 Å². The van der Waals surface area contributed by atoms with Crippen LogP contribution in [0.5, 0.6) is 5.75 Å². The molecule has 0 aromatic heterocycles. The van der Waals surface area contributed by atoms with Crippen LogP contribution < -0.4 is 4.74 Å². The van der Waals surface area contributed by atoms with Gasteiger partial charge < -0.3 is 9.47 Å². The molecule has 0 aliphatic carbocycles. The largest absolute Gasteiger partial charge is 0.495 e. The molecule has 0 spiro atoms. The Morgan fingerprint density at radius 3 is 2.67 bits per heavy atom. The lowest BCUT2D eigenvalue weighted by Crippen LogP contribution is -2.36. The van der Waals surface area contributed by atoms with Crippen molar-refractivity contribution >= 4 is 5.97 Å². The van der Waals surface area contributed by atoms with E-state index >= 15 is 0 Å². The number of hydrogen-bond donors (Lipinski definition) is 0. The van der Waals surface area contributed by atoms with Crippen molar-refractivity contribution in [1.82, 2.24) is 4.90 Å². The Bertz CT molecular complexity index is 543. The van der Waals surface area contributed by atoms with Gasteiger partial charge in [0, 0.05) is 6.54 Å². The molecule has 0 N–H and O–H groups in total. The summed E-state index contributed by atoms with van der Waals surface area (Å²) in [5, 5.41) is 8.98. The van der Waals surface area contributed by atoms with Crippen LogP contribution in [-0.2, 0) is 16.1 Å². The topological polar surface area (TPSA) is 62.6 Å². The van der Waals surface area contributed by atoms with E-state index in [2.05, 4.69) is 11.0 Å². The Morgan fingerprint density at radius 1 is 1.38 bits per heavy atom. The summed E-state index contributed by atoms with van der Waals surface area (Å²) in [6.07, 6.45) is 1.67. The van der Waals surface area contributed by atoms with Crippen LogP contribution in [-0.4, -0.2) is 38.2 Å². The third kappa shape index (κ3) is 3.73. The van der Waals surface area contributed by atoms with Gasteiger partial charge in [-0.1, -0.05) is 6.07 Å². The molecule has 0 atom stereocenters. The average molecular weight is 288 g/mol. The van der Waals surface area contributed by atoms with E-state index in [9.17, 15) is 4.79 Å². The molecule has 1 saturated heterocycles. The molecule has 1 aliphatic heterocycles. The standard InChI is InChI=1S/C16H20N2O3/c1-20-15-9-12(3-4-14(15)10-17)11-18-7-5-13(6-8-18)16(19)21-2/h3-4,9,13H,5-8,11H2,1-2H3. The maximum Gasteiger partial charge on any atom is 0.308 e. The second-order valence-corrected chi connectivity index (χ2v) is 5.22. The van der Waals surface area contributed by atoms with Gasteiger partial charge in [-0.15, -0.1) is 0 Å². The van der Waals surface area contributed by atoms with E-state index in [1.165, 1.54) is 7.11 Å². The van der Waals surface area contributed by atoms with Crippen LogP contribution in [0.25, 0.3) is 0 Å². The number of carbonyl (C=O) groups excluding carboxylic acids is 1. The number of benzene rings is 1. The van der Waals surface area contributed by atoms with E-state index in [-0.39, 0.29) is 11.9 Å². The molecule has 1 aromatic rings. The Morgan fingerprint density at radius 2 is 2.10 bits per heavy atom. The molecule has 0 radical (unpaired) electrons. The highest BCUT2D eigenvalue weighted by atomic mass is 16.5. The van der Waals surface area contributed by atoms with Crippen LogP contribution in [0.15, 0.2) is 18.2 Å². The summed E-state index contributed by atoms with van der Waals surface area (Å²) < 4.78 is 10.0. The van der Waals surface area contributed by atoms with Crippen molar-refractivity contribution in [3.63, 3.8) is 0 Å². The first kappa shape index (κ1) is 15.3. The number of carbonyl (C=O) groups is 1. The SMILES string of the molecule is COC(=O)C1CCN(Cc2ccc(C#N)c(OC)c2)CC1. The van der Waals surface area contributed by atoms with Crippen molar-refractivity contribution < 1.29 is 14.3 Å². The highest BCUT2D eigenvalue weighted by Crippen LogP contribution is 2.23. The Labute approximate surface area is 125 Å². The zero-order chi connectivity index (χ0) is 15.2. The van der Waals surface area contributed by atoms with Crippen molar-refractivity contribution in [2.24, 2.45) is 5.92 Å². The fourth-order valence-corrected chi connectivity index (χ4v) is 2.68. The fourth-order valence-electron chi connectivity index (χ4n) is 2.68. The highest BCUT2D eigenvalue weighted by molar-refractivity contribution is 5.72. The molecule has 1 aliphatic rings. The maximum absolute atomic E-state index is 11.5. The Kier molecular flexibility index (Phi) is 5.18. The first-order valence-electron chi connectivity index (χ1n) is 7.05. The number of likely N-dealkylation sites (tertiary alicyclic amines) is 1. The van der Waals surface area contributed by atoms with Crippen molar-refractivity contribution in [3.05, 3.63) is 29.3 Å². The van der Waals surface area contributed by atoms with E-state index in [1.54, 1.807) is 13.2 Å². The summed E-state index contributed by atoms with van der Waals surface area (Å²) in [7, 11) is 3.01. The average Bonchev–Trinajstić information content (AvgIpc) is 2.54. The van der Waals surface area contributed by atoms with E-state index < -0.39 is 0 Å². The van der Waals surface area contributed by atoms with Gasteiger partial charge in [-0.05, 0) is 43.6 Å². The molecule has 5 heteroatoms. The van der Waals surface area contributed by atoms with Gasteiger partial charge in [0.25, 0.3) is 0 Å². The Balaban J connectivity index is 1.95. The molecule has 0 bridgehead atoms. The van der Waals surface area contributed by atoms with Gasteiger partial charge >= 0.3 is 5.97 Å². The third-order valence-electron chi connectivity index (χ3n) is 3.91. The fraction of sp³-hybridized carbons (Fsp3) is 0.500. The number of hydrogen-bond acceptors (Lipinski definition) is 5. The van der Waals surface area contributed by atoms with Crippen LogP contribution in [0.4, 0.5) is 0 Å². The molecule has 21 heavy (non-hydrogen) atoms. The summed E-state index contributed by atoms with van der Waals surface area (Å²) in [5.41, 5.74) is 1.66. The van der Waals surface area contributed by atoms with Crippen LogP contribution >= 0.6 is 0 Å². The van der Waals surface area contributed by atoms with Gasteiger partial charge in [0.05, 0.1) is 25.7 Å². The zero-order valence-electron chi connectivity index (χ0n) is 12.5. The summed E-state index contributed by atoms with van der Waals surface area (Å²) >= 11 is 0. The molecular weight excluding hydrogens is 268 g/mol. The molecule has 5 nitrogen and oxygen atoms in total. The number of nitrogens with zero attached hydrogens (tertiary/aromatic N) is 2. The number of methoxy groups -OCH3 is 2. The van der Waals surface area contributed by atoms with Crippen LogP contribution in [0.1, 0.15) is 24.0 Å². The second-order valence-electron chi connectivity index (χ2n) is 5.22. The Hall–Kier alpha value is -2.06.